The highest BCUT2D eigenvalue weighted by Gasteiger charge is 2.10. The van der Waals surface area contributed by atoms with E-state index in [4.69, 9.17) is 9.79 Å². The second kappa shape index (κ2) is 6.17. The van der Waals surface area contributed by atoms with Gasteiger partial charge in [0.15, 0.2) is 0 Å². The number of nitrogens with one attached hydrogen (secondary N) is 1. The molecule has 80 valence electrons. The Bertz CT molecular complexity index is 301. The highest BCUT2D eigenvalue weighted by molar-refractivity contribution is 7.51. The molecule has 0 aromatic heterocycles. The number of hydrogen-bond donors (Lipinski definition) is 3. The number of halogens is 1. The molecule has 14 heavy (non-hydrogen) atoms. The van der Waals surface area contributed by atoms with E-state index in [1.54, 1.807) is 0 Å². The van der Waals surface area contributed by atoms with E-state index in [1.807, 2.05) is 30.3 Å². The third kappa shape index (κ3) is 6.13. The predicted octanol–water partition coefficient (Wildman–Crippen LogP) is 1.33. The summed E-state index contributed by atoms with van der Waals surface area (Å²) >= 11 is 0. The first-order valence-corrected chi connectivity index (χ1v) is 5.67. The van der Waals surface area contributed by atoms with E-state index < -0.39 is 7.60 Å². The van der Waals surface area contributed by atoms with Crippen LogP contribution in [-0.2, 0) is 11.1 Å². The van der Waals surface area contributed by atoms with Crippen LogP contribution in [0.15, 0.2) is 30.3 Å². The maximum absolute atomic E-state index is 10.5. The van der Waals surface area contributed by atoms with Crippen LogP contribution < -0.4 is 5.32 Å². The molecule has 0 fully saturated rings. The summed E-state index contributed by atoms with van der Waals surface area (Å²) in [4.78, 5) is 17.1. The zero-order valence-corrected chi connectivity index (χ0v) is 9.17. The van der Waals surface area contributed by atoms with Gasteiger partial charge in [-0.2, -0.15) is 0 Å². The van der Waals surface area contributed by atoms with Gasteiger partial charge in [-0.1, -0.05) is 30.3 Å². The van der Waals surface area contributed by atoms with Gasteiger partial charge in [0.05, 0.1) is 6.29 Å². The van der Waals surface area contributed by atoms with Crippen LogP contribution in [0, 0.1) is 0 Å². The molecule has 0 aliphatic heterocycles. The summed E-state index contributed by atoms with van der Waals surface area (Å²) in [5.74, 6) is 0. The maximum atomic E-state index is 10.5. The molecule has 1 aromatic rings. The van der Waals surface area contributed by atoms with Gasteiger partial charge in [0.2, 0.25) is 0 Å². The molecule has 1 aromatic carbocycles. The normalized spacial score (nSPS) is 10.7. The lowest BCUT2D eigenvalue weighted by Gasteiger charge is -2.05. The Morgan fingerprint density at radius 3 is 2.29 bits per heavy atom. The van der Waals surface area contributed by atoms with Gasteiger partial charge in [-0.25, -0.2) is 0 Å². The lowest BCUT2D eigenvalue weighted by atomic mass is 10.2. The number of rotatable bonds is 4. The lowest BCUT2D eigenvalue weighted by molar-refractivity contribution is 0.368. The molecular formula is C8H13ClNO3P. The Balaban J connectivity index is 0.00000169. The van der Waals surface area contributed by atoms with Gasteiger partial charge >= 0.3 is 7.60 Å². The zero-order chi connectivity index (χ0) is 9.73. The summed E-state index contributed by atoms with van der Waals surface area (Å²) in [5, 5.41) is 2.68. The molecule has 4 nitrogen and oxygen atoms in total. The first-order chi connectivity index (χ1) is 6.08. The van der Waals surface area contributed by atoms with Crippen molar-refractivity contribution in [2.24, 2.45) is 0 Å². The van der Waals surface area contributed by atoms with Crippen molar-refractivity contribution in [3.8, 4) is 0 Å². The highest BCUT2D eigenvalue weighted by Crippen LogP contribution is 2.31. The predicted molar refractivity (Wildman–Crippen MR) is 57.4 cm³/mol. The molecule has 6 heteroatoms. The molecule has 0 heterocycles. The molecule has 0 unspecified atom stereocenters. The van der Waals surface area contributed by atoms with Crippen molar-refractivity contribution in [2.75, 3.05) is 6.29 Å². The van der Waals surface area contributed by atoms with Crippen molar-refractivity contribution >= 4 is 20.0 Å². The Kier molecular flexibility index (Phi) is 6.00. The first-order valence-electron chi connectivity index (χ1n) is 3.87. The molecule has 0 amide bonds. The van der Waals surface area contributed by atoms with Gasteiger partial charge in [0, 0.05) is 6.54 Å². The van der Waals surface area contributed by atoms with Gasteiger partial charge < -0.3 is 15.1 Å². The van der Waals surface area contributed by atoms with Crippen LogP contribution in [0.1, 0.15) is 5.56 Å². The third-order valence-electron chi connectivity index (χ3n) is 1.49. The molecule has 0 aliphatic carbocycles. The van der Waals surface area contributed by atoms with E-state index >= 15 is 0 Å². The fraction of sp³-hybridized carbons (Fsp3) is 0.250. The number of benzene rings is 1. The Morgan fingerprint density at radius 2 is 1.79 bits per heavy atom. The molecule has 3 N–H and O–H groups in total. The smallest absolute Gasteiger partial charge is 0.324 e. The molecular weight excluding hydrogens is 225 g/mol. The van der Waals surface area contributed by atoms with Crippen molar-refractivity contribution in [1.82, 2.24) is 5.32 Å². The lowest BCUT2D eigenvalue weighted by Crippen LogP contribution is -2.14. The standard InChI is InChI=1S/C8H12NO3P.ClH/c10-13(11,12)7-9-6-8-4-2-1-3-5-8;/h1-5,9H,6-7H2,(H2,10,11,12);1H. The molecule has 0 aliphatic rings. The van der Waals surface area contributed by atoms with Crippen molar-refractivity contribution < 1.29 is 14.4 Å². The SMILES string of the molecule is Cl.O=P(O)(O)CNCc1ccccc1. The monoisotopic (exact) mass is 237 g/mol. The summed E-state index contributed by atoms with van der Waals surface area (Å²) in [6.07, 6.45) is -0.276. The van der Waals surface area contributed by atoms with E-state index in [0.29, 0.717) is 6.54 Å². The molecule has 0 atom stereocenters. The highest BCUT2D eigenvalue weighted by atomic mass is 35.5. The van der Waals surface area contributed by atoms with Crippen LogP contribution in [0.3, 0.4) is 0 Å². The average molecular weight is 238 g/mol. The largest absolute Gasteiger partial charge is 0.339 e. The summed E-state index contributed by atoms with van der Waals surface area (Å²) in [6.45, 7) is 0.478. The average Bonchev–Trinajstić information content (AvgIpc) is 2.04. The molecule has 0 spiro atoms. The Hall–Kier alpha value is -0.380. The molecule has 1 rings (SSSR count). The van der Waals surface area contributed by atoms with E-state index in [1.165, 1.54) is 0 Å². The minimum Gasteiger partial charge on any atom is -0.324 e. The van der Waals surface area contributed by atoms with Crippen LogP contribution in [0.5, 0.6) is 0 Å². The van der Waals surface area contributed by atoms with E-state index in [9.17, 15) is 4.57 Å². The third-order valence-corrected chi connectivity index (χ3v) is 2.13. The summed E-state index contributed by atoms with van der Waals surface area (Å²) < 4.78 is 10.5. The van der Waals surface area contributed by atoms with Crippen LogP contribution in [0.2, 0.25) is 0 Å². The van der Waals surface area contributed by atoms with Gasteiger partial charge in [0.25, 0.3) is 0 Å². The van der Waals surface area contributed by atoms with E-state index in [2.05, 4.69) is 5.32 Å². The quantitative estimate of drug-likeness (QED) is 0.691. The van der Waals surface area contributed by atoms with Crippen molar-refractivity contribution in [3.63, 3.8) is 0 Å². The van der Waals surface area contributed by atoms with Crippen molar-refractivity contribution in [1.29, 1.82) is 0 Å². The molecule has 0 saturated heterocycles. The van der Waals surface area contributed by atoms with Crippen LogP contribution in [0.25, 0.3) is 0 Å². The summed E-state index contributed by atoms with van der Waals surface area (Å²) in [6, 6.07) is 9.45. The summed E-state index contributed by atoms with van der Waals surface area (Å²) in [7, 11) is -3.91. The van der Waals surface area contributed by atoms with E-state index in [-0.39, 0.29) is 18.7 Å². The molecule has 0 radical (unpaired) electrons. The minimum absolute atomic E-state index is 0. The van der Waals surface area contributed by atoms with Crippen molar-refractivity contribution in [2.45, 2.75) is 6.54 Å². The van der Waals surface area contributed by atoms with Crippen molar-refractivity contribution in [3.05, 3.63) is 35.9 Å². The number of hydrogen-bond acceptors (Lipinski definition) is 2. The van der Waals surface area contributed by atoms with Gasteiger partial charge in [-0.3, -0.25) is 4.57 Å². The van der Waals surface area contributed by atoms with Crippen LogP contribution in [-0.4, -0.2) is 16.1 Å². The van der Waals surface area contributed by atoms with Gasteiger partial charge in [-0.05, 0) is 5.56 Å². The van der Waals surface area contributed by atoms with E-state index in [0.717, 1.165) is 5.56 Å². The fourth-order valence-electron chi connectivity index (χ4n) is 0.942. The van der Waals surface area contributed by atoms with Crippen LogP contribution >= 0.6 is 20.0 Å². The first kappa shape index (κ1) is 13.6. The Labute approximate surface area is 88.9 Å². The fourth-order valence-corrected chi connectivity index (χ4v) is 1.34. The maximum Gasteiger partial charge on any atom is 0.339 e. The van der Waals surface area contributed by atoms with Gasteiger partial charge in [0.1, 0.15) is 0 Å². The minimum atomic E-state index is -3.91. The topological polar surface area (TPSA) is 69.6 Å². The second-order valence-electron chi connectivity index (χ2n) is 2.74. The molecule has 0 saturated carbocycles. The second-order valence-corrected chi connectivity index (χ2v) is 4.38. The summed E-state index contributed by atoms with van der Waals surface area (Å²) in [5.41, 5.74) is 1.01. The Morgan fingerprint density at radius 1 is 1.21 bits per heavy atom. The molecule has 0 bridgehead atoms. The van der Waals surface area contributed by atoms with Gasteiger partial charge in [-0.15, -0.1) is 12.4 Å². The zero-order valence-electron chi connectivity index (χ0n) is 7.46. The van der Waals surface area contributed by atoms with Crippen LogP contribution in [0.4, 0.5) is 0 Å².